The average molecular weight is 399 g/mol. The van der Waals surface area contributed by atoms with Gasteiger partial charge < -0.3 is 18.9 Å². The molecule has 1 aromatic heterocycles. The number of thiazole rings is 1. The van der Waals surface area contributed by atoms with Crippen LogP contribution in [0.2, 0.25) is 0 Å². The molecule has 0 saturated carbocycles. The lowest BCUT2D eigenvalue weighted by molar-refractivity contribution is 0.0468. The van der Waals surface area contributed by atoms with Crippen molar-refractivity contribution in [2.75, 3.05) is 21.3 Å². The Hall–Kier alpha value is -2.90. The molecule has 0 bridgehead atoms. The van der Waals surface area contributed by atoms with Gasteiger partial charge in [-0.3, -0.25) is 0 Å². The molecular formula is C21H21NO5S. The van der Waals surface area contributed by atoms with Crippen LogP contribution in [-0.4, -0.2) is 32.3 Å². The summed E-state index contributed by atoms with van der Waals surface area (Å²) in [7, 11) is 4.82. The fraction of sp³-hybridized carbons (Fsp3) is 0.238. The van der Waals surface area contributed by atoms with Crippen LogP contribution in [0, 0.1) is 0 Å². The summed E-state index contributed by atoms with van der Waals surface area (Å²) in [4.78, 5) is 16.8. The van der Waals surface area contributed by atoms with Gasteiger partial charge >= 0.3 is 5.97 Å². The number of aromatic nitrogens is 1. The first-order chi connectivity index (χ1) is 13.6. The number of carbonyl (C=O) groups is 1. The van der Waals surface area contributed by atoms with E-state index in [1.165, 1.54) is 11.3 Å². The lowest BCUT2D eigenvalue weighted by Crippen LogP contribution is -2.05. The molecule has 0 saturated heterocycles. The van der Waals surface area contributed by atoms with Crippen LogP contribution in [0.25, 0.3) is 10.6 Å². The molecule has 0 unspecified atom stereocenters. The number of methoxy groups -OCH3 is 3. The summed E-state index contributed by atoms with van der Waals surface area (Å²) >= 11 is 1.48. The zero-order valence-electron chi connectivity index (χ0n) is 15.9. The Labute approximate surface area is 167 Å². The third kappa shape index (κ3) is 4.68. The summed E-state index contributed by atoms with van der Waals surface area (Å²) in [6, 6.07) is 12.8. The number of rotatable bonds is 8. The van der Waals surface area contributed by atoms with Gasteiger partial charge in [0.2, 0.25) is 0 Å². The Morgan fingerprint density at radius 3 is 2.39 bits per heavy atom. The quantitative estimate of drug-likeness (QED) is 0.525. The van der Waals surface area contributed by atoms with E-state index in [9.17, 15) is 4.79 Å². The van der Waals surface area contributed by atoms with Gasteiger partial charge in [0.1, 0.15) is 11.6 Å². The van der Waals surface area contributed by atoms with Crippen molar-refractivity contribution < 1.29 is 23.7 Å². The minimum absolute atomic E-state index is 0.114. The van der Waals surface area contributed by atoms with E-state index in [1.54, 1.807) is 33.5 Å². The lowest BCUT2D eigenvalue weighted by Gasteiger charge is -2.08. The Kier molecular flexibility index (Phi) is 6.62. The second-order valence-corrected chi connectivity index (χ2v) is 6.78. The SMILES string of the molecule is COCc1ccc(C(=O)OCc2csc(-c3ccc(OC)c(OC)c3)n2)cc1. The molecule has 0 fully saturated rings. The third-order valence-corrected chi connectivity index (χ3v) is 4.97. The molecular weight excluding hydrogens is 378 g/mol. The van der Waals surface area contributed by atoms with Crippen molar-refractivity contribution >= 4 is 17.3 Å². The summed E-state index contributed by atoms with van der Waals surface area (Å²) in [6.45, 7) is 0.621. The molecule has 3 rings (SSSR count). The number of benzene rings is 2. The van der Waals surface area contributed by atoms with Crippen molar-refractivity contribution in [3.63, 3.8) is 0 Å². The van der Waals surface area contributed by atoms with Gasteiger partial charge in [0, 0.05) is 18.1 Å². The maximum absolute atomic E-state index is 12.2. The minimum atomic E-state index is -0.385. The van der Waals surface area contributed by atoms with Crippen molar-refractivity contribution in [2.45, 2.75) is 13.2 Å². The van der Waals surface area contributed by atoms with Crippen LogP contribution in [0.3, 0.4) is 0 Å². The second kappa shape index (κ2) is 9.34. The van der Waals surface area contributed by atoms with Crippen LogP contribution < -0.4 is 9.47 Å². The average Bonchev–Trinajstić information content (AvgIpc) is 3.21. The summed E-state index contributed by atoms with van der Waals surface area (Å²) in [6.07, 6.45) is 0. The highest BCUT2D eigenvalue weighted by Crippen LogP contribution is 2.33. The molecule has 1 heterocycles. The highest BCUT2D eigenvalue weighted by Gasteiger charge is 2.12. The van der Waals surface area contributed by atoms with Gasteiger partial charge in [-0.2, -0.15) is 0 Å². The van der Waals surface area contributed by atoms with Gasteiger partial charge in [-0.05, 0) is 35.9 Å². The number of nitrogens with zero attached hydrogens (tertiary/aromatic N) is 1. The second-order valence-electron chi connectivity index (χ2n) is 5.92. The number of hydrogen-bond acceptors (Lipinski definition) is 7. The highest BCUT2D eigenvalue weighted by molar-refractivity contribution is 7.13. The first-order valence-corrected chi connectivity index (χ1v) is 9.44. The maximum Gasteiger partial charge on any atom is 0.338 e. The van der Waals surface area contributed by atoms with Crippen LogP contribution in [-0.2, 0) is 22.7 Å². The zero-order chi connectivity index (χ0) is 19.9. The van der Waals surface area contributed by atoms with Crippen LogP contribution >= 0.6 is 11.3 Å². The molecule has 0 spiro atoms. The van der Waals surface area contributed by atoms with Crippen molar-refractivity contribution in [3.05, 3.63) is 64.7 Å². The highest BCUT2D eigenvalue weighted by atomic mass is 32.1. The number of hydrogen-bond donors (Lipinski definition) is 0. The fourth-order valence-corrected chi connectivity index (χ4v) is 3.40. The molecule has 0 aliphatic rings. The molecule has 2 aromatic carbocycles. The molecule has 7 heteroatoms. The van der Waals surface area contributed by atoms with Crippen molar-refractivity contribution in [1.82, 2.24) is 4.98 Å². The summed E-state index contributed by atoms with van der Waals surface area (Å²) in [5.41, 5.74) is 3.10. The largest absolute Gasteiger partial charge is 0.493 e. The van der Waals surface area contributed by atoms with Crippen LogP contribution in [0.1, 0.15) is 21.6 Å². The van der Waals surface area contributed by atoms with Gasteiger partial charge in [-0.15, -0.1) is 11.3 Å². The van der Waals surface area contributed by atoms with Crippen molar-refractivity contribution in [3.8, 4) is 22.1 Å². The third-order valence-electron chi connectivity index (χ3n) is 4.03. The molecule has 0 atom stereocenters. The topological polar surface area (TPSA) is 66.9 Å². The van der Waals surface area contributed by atoms with Gasteiger partial charge in [0.15, 0.2) is 11.5 Å². The van der Waals surface area contributed by atoms with Gasteiger partial charge in [0.25, 0.3) is 0 Å². The van der Waals surface area contributed by atoms with E-state index in [-0.39, 0.29) is 12.6 Å². The maximum atomic E-state index is 12.2. The van der Waals surface area contributed by atoms with Gasteiger partial charge in [-0.25, -0.2) is 9.78 Å². The van der Waals surface area contributed by atoms with E-state index < -0.39 is 0 Å². The monoisotopic (exact) mass is 399 g/mol. The van der Waals surface area contributed by atoms with Gasteiger partial charge in [0.05, 0.1) is 32.1 Å². The Morgan fingerprint density at radius 1 is 0.964 bits per heavy atom. The van der Waals surface area contributed by atoms with Gasteiger partial charge in [-0.1, -0.05) is 12.1 Å². The fourth-order valence-electron chi connectivity index (χ4n) is 2.60. The van der Waals surface area contributed by atoms with E-state index in [4.69, 9.17) is 18.9 Å². The summed E-state index contributed by atoms with van der Waals surface area (Å²) < 4.78 is 21.0. The minimum Gasteiger partial charge on any atom is -0.493 e. The number of carbonyl (C=O) groups excluding carboxylic acids is 1. The molecule has 3 aromatic rings. The molecule has 0 N–H and O–H groups in total. The van der Waals surface area contributed by atoms with E-state index >= 15 is 0 Å². The van der Waals surface area contributed by atoms with Crippen LogP contribution in [0.4, 0.5) is 0 Å². The van der Waals surface area contributed by atoms with Crippen LogP contribution in [0.5, 0.6) is 11.5 Å². The van der Waals surface area contributed by atoms with Crippen molar-refractivity contribution in [2.24, 2.45) is 0 Å². The molecule has 6 nitrogen and oxygen atoms in total. The smallest absolute Gasteiger partial charge is 0.338 e. The normalized spacial score (nSPS) is 10.5. The first kappa shape index (κ1) is 19.9. The first-order valence-electron chi connectivity index (χ1n) is 8.56. The predicted molar refractivity (Wildman–Crippen MR) is 107 cm³/mol. The van der Waals surface area contributed by atoms with E-state index in [1.807, 2.05) is 35.7 Å². The van der Waals surface area contributed by atoms with E-state index in [2.05, 4.69) is 4.98 Å². The van der Waals surface area contributed by atoms with Crippen molar-refractivity contribution in [1.29, 1.82) is 0 Å². The van der Waals surface area contributed by atoms with Crippen LogP contribution in [0.15, 0.2) is 47.8 Å². The Morgan fingerprint density at radius 2 is 1.71 bits per heavy atom. The molecule has 146 valence electrons. The molecule has 28 heavy (non-hydrogen) atoms. The molecule has 0 aliphatic carbocycles. The number of ether oxygens (including phenoxy) is 4. The van der Waals surface area contributed by atoms with E-state index in [0.717, 1.165) is 16.1 Å². The van der Waals surface area contributed by atoms with E-state index in [0.29, 0.717) is 29.4 Å². The molecule has 0 aliphatic heterocycles. The number of esters is 1. The summed E-state index contributed by atoms with van der Waals surface area (Å²) in [5, 5.41) is 2.69. The molecule has 0 radical (unpaired) electrons. The summed E-state index contributed by atoms with van der Waals surface area (Å²) in [5.74, 6) is 0.915. The zero-order valence-corrected chi connectivity index (χ0v) is 16.7. The molecule has 0 amide bonds. The predicted octanol–water partition coefficient (Wildman–Crippen LogP) is 4.33. The Bertz CT molecular complexity index is 936. The Balaban J connectivity index is 1.64. The lowest BCUT2D eigenvalue weighted by atomic mass is 10.1. The standard InChI is InChI=1S/C21H21NO5S/c1-24-11-14-4-6-15(7-5-14)21(23)27-12-17-13-28-20(22-17)16-8-9-18(25-2)19(10-16)26-3/h4-10,13H,11-12H2,1-3H3.